The molecule has 1 aromatic carbocycles. The van der Waals surface area contributed by atoms with E-state index >= 15 is 0 Å². The van der Waals surface area contributed by atoms with Gasteiger partial charge in [-0.15, -0.1) is 0 Å². The number of rotatable bonds is 4. The van der Waals surface area contributed by atoms with E-state index in [0.29, 0.717) is 23.8 Å². The van der Waals surface area contributed by atoms with E-state index in [2.05, 4.69) is 20.9 Å². The summed E-state index contributed by atoms with van der Waals surface area (Å²) in [6, 6.07) is 9.55. The molecule has 0 radical (unpaired) electrons. The SMILES string of the molecule is Nc1cc(Br)cc(C(=O)N(Cc2cccnc2)C2CC2)c1. The average Bonchev–Trinajstić information content (AvgIpc) is 3.29. The second kappa shape index (κ2) is 5.85. The Kier molecular flexibility index (Phi) is 3.92. The van der Waals surface area contributed by atoms with Crippen LogP contribution in [0.4, 0.5) is 5.69 Å². The van der Waals surface area contributed by atoms with Crippen molar-refractivity contribution in [1.82, 2.24) is 9.88 Å². The van der Waals surface area contributed by atoms with E-state index in [1.165, 1.54) is 0 Å². The van der Waals surface area contributed by atoms with Crippen LogP contribution in [0.5, 0.6) is 0 Å². The van der Waals surface area contributed by atoms with Crippen LogP contribution < -0.4 is 5.73 Å². The molecule has 1 fully saturated rings. The molecule has 21 heavy (non-hydrogen) atoms. The Hall–Kier alpha value is -1.88. The van der Waals surface area contributed by atoms with Crippen LogP contribution in [0.2, 0.25) is 0 Å². The molecule has 0 saturated heterocycles. The van der Waals surface area contributed by atoms with Crippen molar-refractivity contribution in [3.8, 4) is 0 Å². The zero-order valence-corrected chi connectivity index (χ0v) is 13.1. The molecule has 0 atom stereocenters. The molecule has 0 aliphatic heterocycles. The molecule has 3 rings (SSSR count). The molecule has 0 unspecified atom stereocenters. The van der Waals surface area contributed by atoms with Gasteiger partial charge in [0, 0.05) is 40.7 Å². The third-order valence-corrected chi connectivity index (χ3v) is 3.95. The zero-order chi connectivity index (χ0) is 14.8. The van der Waals surface area contributed by atoms with Crippen LogP contribution in [0, 0.1) is 0 Å². The summed E-state index contributed by atoms with van der Waals surface area (Å²) in [5, 5.41) is 0. The number of pyridine rings is 1. The zero-order valence-electron chi connectivity index (χ0n) is 11.5. The molecule has 5 heteroatoms. The van der Waals surface area contributed by atoms with Crippen LogP contribution in [0.3, 0.4) is 0 Å². The van der Waals surface area contributed by atoms with Crippen molar-refractivity contribution in [2.45, 2.75) is 25.4 Å². The van der Waals surface area contributed by atoms with Gasteiger partial charge >= 0.3 is 0 Å². The predicted molar refractivity (Wildman–Crippen MR) is 85.7 cm³/mol. The lowest BCUT2D eigenvalue weighted by molar-refractivity contribution is 0.0730. The molecular weight excluding hydrogens is 330 g/mol. The van der Waals surface area contributed by atoms with Crippen molar-refractivity contribution in [2.24, 2.45) is 0 Å². The van der Waals surface area contributed by atoms with Gasteiger partial charge in [0.2, 0.25) is 0 Å². The Morgan fingerprint density at radius 1 is 1.38 bits per heavy atom. The fourth-order valence-electron chi connectivity index (χ4n) is 2.34. The first-order valence-electron chi connectivity index (χ1n) is 6.89. The Morgan fingerprint density at radius 2 is 2.19 bits per heavy atom. The number of amides is 1. The number of benzene rings is 1. The highest BCUT2D eigenvalue weighted by atomic mass is 79.9. The summed E-state index contributed by atoms with van der Waals surface area (Å²) in [5.41, 5.74) is 8.08. The fraction of sp³-hybridized carbons (Fsp3) is 0.250. The minimum absolute atomic E-state index is 0.0225. The summed E-state index contributed by atoms with van der Waals surface area (Å²) in [6.07, 6.45) is 5.67. The second-order valence-corrected chi connectivity index (χ2v) is 6.21. The number of carbonyl (C=O) groups excluding carboxylic acids is 1. The second-order valence-electron chi connectivity index (χ2n) is 5.30. The highest BCUT2D eigenvalue weighted by Gasteiger charge is 2.33. The molecule has 2 N–H and O–H groups in total. The van der Waals surface area contributed by atoms with Gasteiger partial charge in [-0.3, -0.25) is 9.78 Å². The highest BCUT2D eigenvalue weighted by Crippen LogP contribution is 2.30. The van der Waals surface area contributed by atoms with Crippen molar-refractivity contribution in [3.63, 3.8) is 0 Å². The normalized spacial score (nSPS) is 14.0. The number of anilines is 1. The van der Waals surface area contributed by atoms with Gasteiger partial charge in [0.05, 0.1) is 0 Å². The summed E-state index contributed by atoms with van der Waals surface area (Å²) in [5.74, 6) is 0.0225. The predicted octanol–water partition coefficient (Wildman–Crippen LogP) is 3.23. The van der Waals surface area contributed by atoms with Crippen LogP contribution in [0.15, 0.2) is 47.2 Å². The molecule has 1 aliphatic rings. The number of nitrogens with zero attached hydrogens (tertiary/aromatic N) is 2. The molecule has 4 nitrogen and oxygen atoms in total. The monoisotopic (exact) mass is 345 g/mol. The van der Waals surface area contributed by atoms with E-state index in [1.54, 1.807) is 24.5 Å². The van der Waals surface area contributed by atoms with Crippen molar-refractivity contribution in [1.29, 1.82) is 0 Å². The molecule has 1 saturated carbocycles. The highest BCUT2D eigenvalue weighted by molar-refractivity contribution is 9.10. The Morgan fingerprint density at radius 3 is 2.81 bits per heavy atom. The maximum atomic E-state index is 12.8. The van der Waals surface area contributed by atoms with E-state index in [0.717, 1.165) is 22.9 Å². The van der Waals surface area contributed by atoms with Gasteiger partial charge in [-0.05, 0) is 42.7 Å². The van der Waals surface area contributed by atoms with E-state index < -0.39 is 0 Å². The molecule has 1 aromatic heterocycles. The van der Waals surface area contributed by atoms with Crippen LogP contribution in [-0.2, 0) is 6.54 Å². The van der Waals surface area contributed by atoms with Crippen molar-refractivity contribution >= 4 is 27.5 Å². The van der Waals surface area contributed by atoms with Gasteiger partial charge in [0.1, 0.15) is 0 Å². The molecule has 1 heterocycles. The fourth-order valence-corrected chi connectivity index (χ4v) is 2.85. The Labute approximate surface area is 132 Å². The average molecular weight is 346 g/mol. The van der Waals surface area contributed by atoms with E-state index in [9.17, 15) is 4.79 Å². The summed E-state index contributed by atoms with van der Waals surface area (Å²) in [7, 11) is 0. The molecule has 0 spiro atoms. The number of hydrogen-bond acceptors (Lipinski definition) is 3. The van der Waals surface area contributed by atoms with Gasteiger partial charge in [0.15, 0.2) is 0 Å². The molecule has 1 aliphatic carbocycles. The third kappa shape index (κ3) is 3.42. The number of nitrogen functional groups attached to an aromatic ring is 1. The molecule has 1 amide bonds. The summed E-state index contributed by atoms with van der Waals surface area (Å²) >= 11 is 3.39. The summed E-state index contributed by atoms with van der Waals surface area (Å²) in [6.45, 7) is 0.587. The number of hydrogen-bond donors (Lipinski definition) is 1. The topological polar surface area (TPSA) is 59.2 Å². The minimum Gasteiger partial charge on any atom is -0.399 e. The number of nitrogens with two attached hydrogens (primary N) is 1. The number of aromatic nitrogens is 1. The van der Waals surface area contributed by atoms with Crippen LogP contribution in [0.1, 0.15) is 28.8 Å². The molecule has 2 aromatic rings. The quantitative estimate of drug-likeness (QED) is 0.865. The first-order valence-corrected chi connectivity index (χ1v) is 7.69. The Balaban J connectivity index is 1.85. The molecule has 0 bridgehead atoms. The van der Waals surface area contributed by atoms with Gasteiger partial charge in [0.25, 0.3) is 5.91 Å². The summed E-state index contributed by atoms with van der Waals surface area (Å²) in [4.78, 5) is 18.8. The van der Waals surface area contributed by atoms with E-state index in [-0.39, 0.29) is 5.91 Å². The smallest absolute Gasteiger partial charge is 0.254 e. The summed E-state index contributed by atoms with van der Waals surface area (Å²) < 4.78 is 0.822. The first kappa shape index (κ1) is 14.1. The molecule has 108 valence electrons. The third-order valence-electron chi connectivity index (χ3n) is 3.49. The number of carbonyl (C=O) groups is 1. The van der Waals surface area contributed by atoms with Gasteiger partial charge in [-0.2, -0.15) is 0 Å². The van der Waals surface area contributed by atoms with Crippen LogP contribution >= 0.6 is 15.9 Å². The first-order chi connectivity index (χ1) is 10.1. The van der Waals surface area contributed by atoms with Crippen LogP contribution in [-0.4, -0.2) is 21.8 Å². The van der Waals surface area contributed by atoms with Gasteiger partial charge < -0.3 is 10.6 Å². The van der Waals surface area contributed by atoms with Crippen molar-refractivity contribution in [2.75, 3.05) is 5.73 Å². The maximum Gasteiger partial charge on any atom is 0.254 e. The molecular formula is C16H16BrN3O. The standard InChI is InChI=1S/C16H16BrN3O/c17-13-6-12(7-14(18)8-13)16(21)20(15-3-4-15)10-11-2-1-5-19-9-11/h1-2,5-9,15H,3-4,10,18H2. The van der Waals surface area contributed by atoms with E-state index in [1.807, 2.05) is 23.1 Å². The lowest BCUT2D eigenvalue weighted by Gasteiger charge is -2.22. The van der Waals surface area contributed by atoms with Crippen molar-refractivity contribution < 1.29 is 4.79 Å². The lowest BCUT2D eigenvalue weighted by Crippen LogP contribution is -2.32. The number of halogens is 1. The van der Waals surface area contributed by atoms with E-state index in [4.69, 9.17) is 5.73 Å². The largest absolute Gasteiger partial charge is 0.399 e. The van der Waals surface area contributed by atoms with Crippen molar-refractivity contribution in [3.05, 3.63) is 58.3 Å². The van der Waals surface area contributed by atoms with Crippen LogP contribution in [0.25, 0.3) is 0 Å². The van der Waals surface area contributed by atoms with Gasteiger partial charge in [-0.25, -0.2) is 0 Å². The Bertz CT molecular complexity index is 636. The minimum atomic E-state index is 0.0225. The lowest BCUT2D eigenvalue weighted by atomic mass is 10.1. The van der Waals surface area contributed by atoms with Gasteiger partial charge in [-0.1, -0.05) is 22.0 Å². The maximum absolute atomic E-state index is 12.8.